The van der Waals surface area contributed by atoms with E-state index < -0.39 is 11.6 Å². The van der Waals surface area contributed by atoms with Crippen molar-refractivity contribution in [3.63, 3.8) is 0 Å². The van der Waals surface area contributed by atoms with Gasteiger partial charge in [0, 0.05) is 5.02 Å². The first-order chi connectivity index (χ1) is 16.9. The maximum atomic E-state index is 13.2. The topological polar surface area (TPSA) is 44.0 Å². The van der Waals surface area contributed by atoms with Crippen molar-refractivity contribution in [1.29, 1.82) is 0 Å². The first-order valence-corrected chi connectivity index (χ1v) is 13.1. The number of halogens is 3. The fourth-order valence-electron chi connectivity index (χ4n) is 3.47. The molecular weight excluding hydrogens is 557 g/mol. The van der Waals surface area contributed by atoms with Gasteiger partial charge in [-0.2, -0.15) is 0 Å². The Labute approximate surface area is 213 Å². The van der Waals surface area contributed by atoms with Gasteiger partial charge in [0.2, 0.25) is 0 Å². The van der Waals surface area contributed by atoms with Crippen LogP contribution in [0, 0.1) is 11.6 Å². The van der Waals surface area contributed by atoms with Crippen molar-refractivity contribution >= 4 is 57.6 Å². The van der Waals surface area contributed by atoms with E-state index in [4.69, 9.17) is 11.6 Å². The zero-order valence-electron chi connectivity index (χ0n) is 17.8. The summed E-state index contributed by atoms with van der Waals surface area (Å²) in [7, 11) is 0. The van der Waals surface area contributed by atoms with Crippen molar-refractivity contribution in [2.75, 3.05) is 0 Å². The Bertz CT molecular complexity index is 1770. The molecule has 6 aromatic rings. The van der Waals surface area contributed by atoms with Gasteiger partial charge < -0.3 is 0 Å². The number of para-hydroxylation sites is 1. The van der Waals surface area contributed by atoms with Crippen molar-refractivity contribution in [2.45, 2.75) is 0 Å². The van der Waals surface area contributed by atoms with Gasteiger partial charge in [0.25, 0.3) is 5.56 Å². The SMILES string of the molecule is O=c1c2cc(F)c(F)cc2sn1-c1ccc(Cl)cc1.O=c1c2ccccc2[se]n1-c1ccccc1. The maximum absolute atomic E-state index is 13.2. The van der Waals surface area contributed by atoms with E-state index in [0.717, 1.165) is 34.7 Å². The first-order valence-electron chi connectivity index (χ1n) is 10.4. The van der Waals surface area contributed by atoms with E-state index in [1.807, 2.05) is 58.2 Å². The molecule has 0 N–H and O–H groups in total. The Hall–Kier alpha value is -3.29. The predicted molar refractivity (Wildman–Crippen MR) is 139 cm³/mol. The number of nitrogens with zero attached hydrogens (tertiary/aromatic N) is 2. The summed E-state index contributed by atoms with van der Waals surface area (Å²) < 4.78 is 31.1. The summed E-state index contributed by atoms with van der Waals surface area (Å²) in [5.41, 5.74) is 1.35. The summed E-state index contributed by atoms with van der Waals surface area (Å²) in [5.74, 6) is -1.98. The number of hydrogen-bond donors (Lipinski definition) is 0. The Morgan fingerprint density at radius 2 is 1.37 bits per heavy atom. The molecule has 4 aromatic carbocycles. The van der Waals surface area contributed by atoms with E-state index in [0.29, 0.717) is 15.4 Å². The molecule has 0 radical (unpaired) electrons. The second-order valence-electron chi connectivity index (χ2n) is 7.45. The molecule has 0 aliphatic carbocycles. The van der Waals surface area contributed by atoms with E-state index >= 15 is 0 Å². The molecule has 0 unspecified atom stereocenters. The molecule has 0 saturated heterocycles. The van der Waals surface area contributed by atoms with Crippen molar-refractivity contribution in [2.24, 2.45) is 0 Å². The molecule has 4 nitrogen and oxygen atoms in total. The van der Waals surface area contributed by atoms with Gasteiger partial charge in [-0.3, -0.25) is 4.79 Å². The average Bonchev–Trinajstić information content (AvgIpc) is 3.38. The zero-order chi connectivity index (χ0) is 24.5. The molecule has 0 aliphatic rings. The monoisotopic (exact) mass is 572 g/mol. The summed E-state index contributed by atoms with van der Waals surface area (Å²) in [6, 6.07) is 26.3. The van der Waals surface area contributed by atoms with Gasteiger partial charge in [-0.15, -0.1) is 0 Å². The molecule has 0 saturated carbocycles. The van der Waals surface area contributed by atoms with E-state index in [9.17, 15) is 18.4 Å². The molecule has 9 heteroatoms. The van der Waals surface area contributed by atoms with Gasteiger partial charge in [0.15, 0.2) is 11.6 Å². The van der Waals surface area contributed by atoms with Crippen molar-refractivity contribution < 1.29 is 8.78 Å². The fourth-order valence-corrected chi connectivity index (χ4v) is 6.70. The van der Waals surface area contributed by atoms with E-state index in [2.05, 4.69) is 0 Å². The molecule has 2 heterocycles. The summed E-state index contributed by atoms with van der Waals surface area (Å²) in [5, 5.41) is 1.57. The van der Waals surface area contributed by atoms with Crippen LogP contribution in [-0.2, 0) is 0 Å². The van der Waals surface area contributed by atoms with E-state index in [1.54, 1.807) is 24.3 Å². The Morgan fingerprint density at radius 3 is 2.09 bits per heavy atom. The second-order valence-corrected chi connectivity index (χ2v) is 10.9. The van der Waals surface area contributed by atoms with Gasteiger partial charge in [-0.25, -0.2) is 12.7 Å². The van der Waals surface area contributed by atoms with Crippen LogP contribution in [0.4, 0.5) is 8.78 Å². The predicted octanol–water partition coefficient (Wildman–Crippen LogP) is 6.03. The molecular formula is C26H15ClF2N2O2SSe. The number of rotatable bonds is 2. The molecule has 6 rings (SSSR count). The standard InChI is InChI=1S/C13H6ClF2NOS.C13H9NOSe/c14-7-1-3-8(4-2-7)17-13(18)9-5-10(15)11(16)6-12(9)19-17;15-13-11-8-4-5-9-12(11)16-14(13)10-6-2-1-3-7-10/h1-6H;1-9H. The summed E-state index contributed by atoms with van der Waals surface area (Å²) in [6.07, 6.45) is 0. The van der Waals surface area contributed by atoms with Crippen molar-refractivity contribution in [3.8, 4) is 11.4 Å². The van der Waals surface area contributed by atoms with Gasteiger partial charge in [0.05, 0.1) is 15.8 Å². The second kappa shape index (κ2) is 9.76. The quantitative estimate of drug-likeness (QED) is 0.238. The van der Waals surface area contributed by atoms with Crippen LogP contribution < -0.4 is 11.1 Å². The Morgan fingerprint density at radius 1 is 0.714 bits per heavy atom. The van der Waals surface area contributed by atoms with Gasteiger partial charge in [-0.1, -0.05) is 23.1 Å². The van der Waals surface area contributed by atoms with Gasteiger partial charge >= 0.3 is 98.6 Å². The summed E-state index contributed by atoms with van der Waals surface area (Å²) in [6.45, 7) is 0. The zero-order valence-corrected chi connectivity index (χ0v) is 21.1. The minimum atomic E-state index is -1.02. The molecule has 0 spiro atoms. The summed E-state index contributed by atoms with van der Waals surface area (Å²) >= 11 is 6.91. The molecule has 0 fully saturated rings. The van der Waals surface area contributed by atoms with Crippen molar-refractivity contribution in [1.82, 2.24) is 7.52 Å². The minimum absolute atomic E-state index is 0.0784. The van der Waals surface area contributed by atoms with Crippen LogP contribution in [-0.4, -0.2) is 22.3 Å². The first kappa shape index (κ1) is 23.5. The summed E-state index contributed by atoms with van der Waals surface area (Å²) in [4.78, 5) is 24.3. The van der Waals surface area contributed by atoms with Crippen LogP contribution in [0.2, 0.25) is 5.02 Å². The molecule has 0 bridgehead atoms. The molecule has 0 atom stereocenters. The van der Waals surface area contributed by atoms with Crippen LogP contribution in [0.1, 0.15) is 0 Å². The van der Waals surface area contributed by atoms with Gasteiger partial charge in [-0.05, 0) is 36.4 Å². The third-order valence-electron chi connectivity index (χ3n) is 5.17. The Balaban J connectivity index is 0.000000147. The third-order valence-corrected chi connectivity index (χ3v) is 8.85. The Kier molecular flexibility index (Phi) is 6.54. The van der Waals surface area contributed by atoms with Crippen LogP contribution in [0.25, 0.3) is 31.1 Å². The third kappa shape index (κ3) is 4.66. The number of aromatic nitrogens is 2. The molecule has 35 heavy (non-hydrogen) atoms. The molecule has 0 aliphatic heterocycles. The van der Waals surface area contributed by atoms with Crippen LogP contribution in [0.3, 0.4) is 0 Å². The fraction of sp³-hybridized carbons (Fsp3) is 0. The van der Waals surface area contributed by atoms with Crippen LogP contribution >= 0.6 is 23.1 Å². The number of hydrogen-bond acceptors (Lipinski definition) is 3. The number of fused-ring (bicyclic) bond motifs is 2. The normalized spacial score (nSPS) is 10.9. The van der Waals surface area contributed by atoms with Crippen molar-refractivity contribution in [3.05, 3.63) is 128 Å². The van der Waals surface area contributed by atoms with E-state index in [1.165, 1.54) is 8.22 Å². The molecule has 2 aromatic heterocycles. The van der Waals surface area contributed by atoms with Crippen LogP contribution in [0.15, 0.2) is 101 Å². The number of benzene rings is 4. The van der Waals surface area contributed by atoms with Gasteiger partial charge in [0.1, 0.15) is 0 Å². The average molecular weight is 572 g/mol. The molecule has 174 valence electrons. The van der Waals surface area contributed by atoms with E-state index in [-0.39, 0.29) is 31.2 Å². The van der Waals surface area contributed by atoms with Crippen LogP contribution in [0.5, 0.6) is 0 Å². The molecule has 0 amide bonds.